The van der Waals surface area contributed by atoms with Gasteiger partial charge in [0.1, 0.15) is 0 Å². The third-order valence-corrected chi connectivity index (χ3v) is 4.14. The molecule has 0 saturated heterocycles. The highest BCUT2D eigenvalue weighted by Crippen LogP contribution is 2.42. The van der Waals surface area contributed by atoms with Gasteiger partial charge in [0, 0.05) is 22.7 Å². The van der Waals surface area contributed by atoms with E-state index in [1.54, 1.807) is 6.07 Å². The number of rotatable bonds is 3. The van der Waals surface area contributed by atoms with Gasteiger partial charge in [-0.05, 0) is 31.0 Å². The van der Waals surface area contributed by atoms with Crippen LogP contribution in [0.5, 0.6) is 0 Å². The van der Waals surface area contributed by atoms with Gasteiger partial charge in [-0.1, -0.05) is 19.9 Å². The average molecular weight is 248 g/mol. The molecule has 0 radical (unpaired) electrons. The van der Waals surface area contributed by atoms with Gasteiger partial charge in [0.2, 0.25) is 5.91 Å². The number of hydrogen-bond acceptors (Lipinski definition) is 3. The lowest BCUT2D eigenvalue weighted by atomic mass is 9.64. The largest absolute Gasteiger partial charge is 0.392 e. The third kappa shape index (κ3) is 1.97. The maximum atomic E-state index is 11.3. The Morgan fingerprint density at radius 1 is 1.50 bits per heavy atom. The molecule has 2 unspecified atom stereocenters. The number of nitrogens with two attached hydrogens (primary N) is 1. The molecule has 1 aromatic rings. The van der Waals surface area contributed by atoms with Crippen LogP contribution in [0.4, 0.5) is 5.69 Å². The Morgan fingerprint density at radius 2 is 2.17 bits per heavy atom. The predicted molar refractivity (Wildman–Crippen MR) is 71.5 cm³/mol. The fraction of sp³-hybridized carbons (Fsp3) is 0.500. The number of anilines is 1. The van der Waals surface area contributed by atoms with Gasteiger partial charge in [0.25, 0.3) is 0 Å². The molecular formula is C14H20N2O2. The van der Waals surface area contributed by atoms with Gasteiger partial charge in [0.05, 0.1) is 6.10 Å². The number of carbonyl (C=O) groups is 1. The molecule has 1 fully saturated rings. The highest BCUT2D eigenvalue weighted by Gasteiger charge is 2.47. The van der Waals surface area contributed by atoms with Crippen LogP contribution in [0.15, 0.2) is 18.2 Å². The van der Waals surface area contributed by atoms with Crippen molar-refractivity contribution in [2.45, 2.75) is 39.3 Å². The molecule has 98 valence electrons. The number of nitrogens with one attached hydrogen (secondary N) is 1. The van der Waals surface area contributed by atoms with Crippen LogP contribution < -0.4 is 11.1 Å². The Hall–Kier alpha value is -1.55. The normalized spacial score (nSPS) is 25.3. The molecule has 2 rings (SSSR count). The molecule has 4 heteroatoms. The molecule has 0 aliphatic heterocycles. The Kier molecular flexibility index (Phi) is 3.07. The fourth-order valence-corrected chi connectivity index (χ4v) is 2.39. The number of primary amides is 1. The Labute approximate surface area is 107 Å². The maximum Gasteiger partial charge on any atom is 0.249 e. The van der Waals surface area contributed by atoms with Gasteiger partial charge in [-0.3, -0.25) is 4.79 Å². The zero-order valence-corrected chi connectivity index (χ0v) is 11.0. The van der Waals surface area contributed by atoms with E-state index < -0.39 is 5.91 Å². The van der Waals surface area contributed by atoms with Crippen molar-refractivity contribution in [3.8, 4) is 0 Å². The molecule has 1 aromatic carbocycles. The van der Waals surface area contributed by atoms with E-state index in [9.17, 15) is 9.90 Å². The number of aliphatic hydroxyl groups is 1. The summed E-state index contributed by atoms with van der Waals surface area (Å²) in [6.45, 7) is 5.95. The lowest BCUT2D eigenvalue weighted by Gasteiger charge is -2.50. The summed E-state index contributed by atoms with van der Waals surface area (Å²) in [7, 11) is 0. The van der Waals surface area contributed by atoms with Crippen LogP contribution in [-0.4, -0.2) is 23.2 Å². The van der Waals surface area contributed by atoms with E-state index in [4.69, 9.17) is 5.73 Å². The first kappa shape index (κ1) is 12.9. The smallest absolute Gasteiger partial charge is 0.249 e. The molecule has 0 spiro atoms. The summed E-state index contributed by atoms with van der Waals surface area (Å²) in [5.74, 6) is -0.413. The summed E-state index contributed by atoms with van der Waals surface area (Å²) >= 11 is 0. The van der Waals surface area contributed by atoms with Gasteiger partial charge >= 0.3 is 0 Å². The summed E-state index contributed by atoms with van der Waals surface area (Å²) in [4.78, 5) is 11.3. The van der Waals surface area contributed by atoms with Crippen LogP contribution in [0.1, 0.15) is 36.2 Å². The van der Waals surface area contributed by atoms with Crippen LogP contribution in [0, 0.1) is 12.3 Å². The Bertz CT molecular complexity index is 483. The number of carbonyl (C=O) groups excluding carboxylic acids is 1. The van der Waals surface area contributed by atoms with E-state index in [1.807, 2.05) is 32.9 Å². The summed E-state index contributed by atoms with van der Waals surface area (Å²) in [5.41, 5.74) is 7.50. The third-order valence-electron chi connectivity index (χ3n) is 4.14. The van der Waals surface area contributed by atoms with E-state index >= 15 is 0 Å². The van der Waals surface area contributed by atoms with Gasteiger partial charge in [0.15, 0.2) is 0 Å². The fourth-order valence-electron chi connectivity index (χ4n) is 2.39. The SMILES string of the molecule is Cc1c(NC2CC(O)C2(C)C)cccc1C(N)=O. The summed E-state index contributed by atoms with van der Waals surface area (Å²) in [6.07, 6.45) is 0.461. The Morgan fingerprint density at radius 3 is 2.67 bits per heavy atom. The Balaban J connectivity index is 2.21. The molecule has 18 heavy (non-hydrogen) atoms. The van der Waals surface area contributed by atoms with Crippen molar-refractivity contribution in [1.82, 2.24) is 0 Å². The van der Waals surface area contributed by atoms with Crippen molar-refractivity contribution in [2.24, 2.45) is 11.1 Å². The second-order valence-electron chi connectivity index (χ2n) is 5.61. The lowest BCUT2D eigenvalue weighted by molar-refractivity contribution is -0.0510. The van der Waals surface area contributed by atoms with Gasteiger partial charge in [-0.15, -0.1) is 0 Å². The average Bonchev–Trinajstić information content (AvgIpc) is 2.30. The maximum absolute atomic E-state index is 11.3. The number of amides is 1. The zero-order valence-electron chi connectivity index (χ0n) is 11.0. The van der Waals surface area contributed by atoms with Gasteiger partial charge in [-0.25, -0.2) is 0 Å². The minimum Gasteiger partial charge on any atom is -0.392 e. The topological polar surface area (TPSA) is 75.3 Å². The van der Waals surface area contributed by atoms with Gasteiger partial charge < -0.3 is 16.2 Å². The molecule has 2 atom stereocenters. The standard InChI is InChI=1S/C14H20N2O2/c1-8-9(13(15)18)5-4-6-10(8)16-11-7-12(17)14(11,2)3/h4-6,11-12,16-17H,7H2,1-3H3,(H2,15,18). The molecule has 1 amide bonds. The highest BCUT2D eigenvalue weighted by atomic mass is 16.3. The molecular weight excluding hydrogens is 228 g/mol. The van der Waals surface area contributed by atoms with Crippen LogP contribution in [0.2, 0.25) is 0 Å². The molecule has 1 aliphatic rings. The minimum atomic E-state index is -0.413. The second kappa shape index (κ2) is 4.28. The van der Waals surface area contributed by atoms with E-state index in [2.05, 4.69) is 5.32 Å². The first-order valence-electron chi connectivity index (χ1n) is 6.18. The molecule has 0 aromatic heterocycles. The summed E-state index contributed by atoms with van der Waals surface area (Å²) in [6, 6.07) is 5.69. The van der Waals surface area contributed by atoms with Crippen LogP contribution in [-0.2, 0) is 0 Å². The molecule has 0 bridgehead atoms. The second-order valence-corrected chi connectivity index (χ2v) is 5.61. The summed E-state index contributed by atoms with van der Waals surface area (Å²) in [5, 5.41) is 13.1. The zero-order chi connectivity index (χ0) is 13.5. The quantitative estimate of drug-likeness (QED) is 0.761. The first-order chi connectivity index (χ1) is 8.34. The van der Waals surface area contributed by atoms with Crippen molar-refractivity contribution in [3.05, 3.63) is 29.3 Å². The highest BCUT2D eigenvalue weighted by molar-refractivity contribution is 5.95. The van der Waals surface area contributed by atoms with Crippen LogP contribution in [0.3, 0.4) is 0 Å². The van der Waals surface area contributed by atoms with Crippen molar-refractivity contribution in [3.63, 3.8) is 0 Å². The number of hydrogen-bond donors (Lipinski definition) is 3. The minimum absolute atomic E-state index is 0.144. The van der Waals surface area contributed by atoms with Crippen molar-refractivity contribution < 1.29 is 9.90 Å². The number of aliphatic hydroxyl groups excluding tert-OH is 1. The molecule has 1 saturated carbocycles. The van der Waals surface area contributed by atoms with E-state index in [1.165, 1.54) is 0 Å². The summed E-state index contributed by atoms with van der Waals surface area (Å²) < 4.78 is 0. The molecule has 4 N–H and O–H groups in total. The molecule has 0 heterocycles. The van der Waals surface area contributed by atoms with E-state index in [0.29, 0.717) is 5.56 Å². The predicted octanol–water partition coefficient (Wildman–Crippen LogP) is 1.67. The van der Waals surface area contributed by atoms with Crippen LogP contribution in [0.25, 0.3) is 0 Å². The molecule has 4 nitrogen and oxygen atoms in total. The van der Waals surface area contributed by atoms with Crippen molar-refractivity contribution in [2.75, 3.05) is 5.32 Å². The number of benzene rings is 1. The van der Waals surface area contributed by atoms with Crippen molar-refractivity contribution in [1.29, 1.82) is 0 Å². The monoisotopic (exact) mass is 248 g/mol. The van der Waals surface area contributed by atoms with E-state index in [-0.39, 0.29) is 17.6 Å². The van der Waals surface area contributed by atoms with Gasteiger partial charge in [-0.2, -0.15) is 0 Å². The van der Waals surface area contributed by atoms with Crippen LogP contribution >= 0.6 is 0 Å². The molecule has 1 aliphatic carbocycles. The first-order valence-corrected chi connectivity index (χ1v) is 6.18. The lowest BCUT2D eigenvalue weighted by Crippen LogP contribution is -2.57. The van der Waals surface area contributed by atoms with Crippen molar-refractivity contribution >= 4 is 11.6 Å². The van der Waals surface area contributed by atoms with E-state index in [0.717, 1.165) is 17.7 Å².